The Morgan fingerprint density at radius 3 is 2.48 bits per heavy atom. The van der Waals surface area contributed by atoms with Crippen molar-refractivity contribution in [3.63, 3.8) is 0 Å². The van der Waals surface area contributed by atoms with E-state index in [1.165, 1.54) is 16.7 Å². The summed E-state index contributed by atoms with van der Waals surface area (Å²) in [6, 6.07) is 11.3. The molecule has 3 rings (SSSR count). The van der Waals surface area contributed by atoms with Crippen molar-refractivity contribution in [3.05, 3.63) is 52.1 Å². The smallest absolute Gasteiger partial charge is 0.307 e. The first kappa shape index (κ1) is 19.4. The second-order valence-corrected chi connectivity index (χ2v) is 8.77. The highest BCUT2D eigenvalue weighted by Crippen LogP contribution is 2.21. The molecule has 7 nitrogen and oxygen atoms in total. The van der Waals surface area contributed by atoms with Gasteiger partial charge in [0.25, 0.3) is 0 Å². The van der Waals surface area contributed by atoms with Crippen LogP contribution in [0.2, 0.25) is 0 Å². The van der Waals surface area contributed by atoms with E-state index in [1.54, 1.807) is 51.4 Å². The molecule has 9 heteroatoms. The highest BCUT2D eigenvalue weighted by atomic mass is 32.2. The molecule has 0 aliphatic rings. The summed E-state index contributed by atoms with van der Waals surface area (Å²) in [5, 5.41) is 0. The number of hydrogen-bond donors (Lipinski definition) is 1. The minimum atomic E-state index is -3.72. The van der Waals surface area contributed by atoms with Crippen LogP contribution in [0.4, 0.5) is 0 Å². The van der Waals surface area contributed by atoms with Gasteiger partial charge in [-0.3, -0.25) is 4.79 Å². The maximum Gasteiger partial charge on any atom is 0.307 e. The van der Waals surface area contributed by atoms with Crippen molar-refractivity contribution in [2.75, 3.05) is 13.7 Å². The van der Waals surface area contributed by atoms with Crippen LogP contribution in [0.1, 0.15) is 6.92 Å². The molecule has 0 bridgehead atoms. The van der Waals surface area contributed by atoms with Crippen LogP contribution >= 0.6 is 11.3 Å². The standard InChI is InChI=1S/C18H20N2O5S2/c1-12(11-25-14-6-4-13(24-3)5-7-14)19-27(22,23)15-8-9-16-17(10-15)26-18(21)20(16)2/h4-10,12,19H,11H2,1-3H3/t12-/m1/s1. The molecule has 0 amide bonds. The summed E-state index contributed by atoms with van der Waals surface area (Å²) in [5.74, 6) is 1.34. The van der Waals surface area contributed by atoms with Crippen molar-refractivity contribution in [2.45, 2.75) is 17.9 Å². The van der Waals surface area contributed by atoms with Crippen molar-refractivity contribution in [1.29, 1.82) is 0 Å². The number of rotatable bonds is 7. The van der Waals surface area contributed by atoms with Crippen LogP contribution in [0.3, 0.4) is 0 Å². The van der Waals surface area contributed by atoms with E-state index in [0.29, 0.717) is 16.0 Å². The zero-order valence-electron chi connectivity index (χ0n) is 15.1. The van der Waals surface area contributed by atoms with Crippen LogP contribution in [0, 0.1) is 0 Å². The Balaban J connectivity index is 1.68. The zero-order chi connectivity index (χ0) is 19.6. The molecule has 0 unspecified atom stereocenters. The second kappa shape index (κ2) is 7.71. The SMILES string of the molecule is COc1ccc(OC[C@@H](C)NS(=O)(=O)c2ccc3c(c2)sc(=O)n3C)cc1. The molecule has 1 N–H and O–H groups in total. The molecule has 2 aromatic carbocycles. The van der Waals surface area contributed by atoms with E-state index in [2.05, 4.69) is 4.72 Å². The number of benzene rings is 2. The van der Waals surface area contributed by atoms with Crippen molar-refractivity contribution in [3.8, 4) is 11.5 Å². The van der Waals surface area contributed by atoms with E-state index in [-0.39, 0.29) is 16.4 Å². The first-order chi connectivity index (χ1) is 12.8. The van der Waals surface area contributed by atoms with E-state index >= 15 is 0 Å². The van der Waals surface area contributed by atoms with E-state index in [1.807, 2.05) is 0 Å². The Morgan fingerprint density at radius 1 is 1.15 bits per heavy atom. The van der Waals surface area contributed by atoms with Gasteiger partial charge in [-0.1, -0.05) is 11.3 Å². The summed E-state index contributed by atoms with van der Waals surface area (Å²) in [7, 11) is -0.484. The molecule has 0 spiro atoms. The van der Waals surface area contributed by atoms with Crippen LogP contribution in [0.25, 0.3) is 10.2 Å². The third-order valence-electron chi connectivity index (χ3n) is 3.99. The minimum absolute atomic E-state index is 0.119. The monoisotopic (exact) mass is 408 g/mol. The zero-order valence-corrected chi connectivity index (χ0v) is 16.8. The minimum Gasteiger partial charge on any atom is -0.497 e. The Hall–Kier alpha value is -2.36. The van der Waals surface area contributed by atoms with Gasteiger partial charge in [-0.2, -0.15) is 0 Å². The summed E-state index contributed by atoms with van der Waals surface area (Å²) < 4.78 is 40.6. The molecule has 0 saturated carbocycles. The van der Waals surface area contributed by atoms with Gasteiger partial charge in [0.1, 0.15) is 18.1 Å². The molecule has 1 heterocycles. The first-order valence-corrected chi connectivity index (χ1v) is 10.5. The molecule has 3 aromatic rings. The van der Waals surface area contributed by atoms with Crippen molar-refractivity contribution in [1.82, 2.24) is 9.29 Å². The van der Waals surface area contributed by atoms with Crippen LogP contribution < -0.4 is 19.1 Å². The van der Waals surface area contributed by atoms with Gasteiger partial charge in [0.05, 0.1) is 28.3 Å². The second-order valence-electron chi connectivity index (χ2n) is 6.07. The molecule has 0 aliphatic carbocycles. The first-order valence-electron chi connectivity index (χ1n) is 8.19. The highest BCUT2D eigenvalue weighted by Gasteiger charge is 2.19. The van der Waals surface area contributed by atoms with E-state index in [0.717, 1.165) is 17.1 Å². The van der Waals surface area contributed by atoms with Crippen LogP contribution in [-0.4, -0.2) is 32.7 Å². The number of methoxy groups -OCH3 is 1. The van der Waals surface area contributed by atoms with Gasteiger partial charge in [-0.15, -0.1) is 0 Å². The summed E-state index contributed by atoms with van der Waals surface area (Å²) >= 11 is 1.02. The summed E-state index contributed by atoms with van der Waals surface area (Å²) in [5.41, 5.74) is 0.708. The van der Waals surface area contributed by atoms with Crippen LogP contribution in [-0.2, 0) is 17.1 Å². The van der Waals surface area contributed by atoms with Crippen LogP contribution in [0.5, 0.6) is 11.5 Å². The fraction of sp³-hybridized carbons (Fsp3) is 0.278. The number of fused-ring (bicyclic) bond motifs is 1. The van der Waals surface area contributed by atoms with Crippen molar-refractivity contribution < 1.29 is 17.9 Å². The van der Waals surface area contributed by atoms with E-state index < -0.39 is 16.1 Å². The molecule has 27 heavy (non-hydrogen) atoms. The topological polar surface area (TPSA) is 86.6 Å². The number of nitrogens with zero attached hydrogens (tertiary/aromatic N) is 1. The number of hydrogen-bond acceptors (Lipinski definition) is 6. The molecule has 0 fully saturated rings. The number of thiazole rings is 1. The summed E-state index contributed by atoms with van der Waals surface area (Å²) in [6.07, 6.45) is 0. The van der Waals surface area contributed by atoms with Gasteiger partial charge in [0, 0.05) is 7.05 Å². The molecule has 1 atom stereocenters. The lowest BCUT2D eigenvalue weighted by Gasteiger charge is -2.15. The number of sulfonamides is 1. The van der Waals surface area contributed by atoms with Gasteiger partial charge in [0.2, 0.25) is 10.0 Å². The Bertz CT molecular complexity index is 1100. The molecule has 0 radical (unpaired) electrons. The fourth-order valence-electron chi connectivity index (χ4n) is 2.54. The van der Waals surface area contributed by atoms with Gasteiger partial charge in [0.15, 0.2) is 0 Å². The lowest BCUT2D eigenvalue weighted by Crippen LogP contribution is -2.36. The Kier molecular flexibility index (Phi) is 5.54. The largest absolute Gasteiger partial charge is 0.497 e. The van der Waals surface area contributed by atoms with Crippen molar-refractivity contribution >= 4 is 31.6 Å². The third-order valence-corrected chi connectivity index (χ3v) is 6.57. The Morgan fingerprint density at radius 2 is 1.81 bits per heavy atom. The quantitative estimate of drug-likeness (QED) is 0.649. The van der Waals surface area contributed by atoms with Gasteiger partial charge < -0.3 is 14.0 Å². The normalized spacial score (nSPS) is 12.9. The van der Waals surface area contributed by atoms with E-state index in [9.17, 15) is 13.2 Å². The average molecular weight is 409 g/mol. The predicted octanol–water partition coefficient (Wildman–Crippen LogP) is 2.35. The predicted molar refractivity (Wildman–Crippen MR) is 105 cm³/mol. The number of aromatic nitrogens is 1. The number of ether oxygens (including phenoxy) is 2. The molecule has 0 aliphatic heterocycles. The molecule has 0 saturated heterocycles. The van der Waals surface area contributed by atoms with Gasteiger partial charge >= 0.3 is 4.87 Å². The lowest BCUT2D eigenvalue weighted by molar-refractivity contribution is 0.287. The van der Waals surface area contributed by atoms with Crippen LogP contribution in [0.15, 0.2) is 52.2 Å². The number of aryl methyl sites for hydroxylation is 1. The molecular weight excluding hydrogens is 388 g/mol. The maximum atomic E-state index is 12.6. The van der Waals surface area contributed by atoms with Gasteiger partial charge in [-0.25, -0.2) is 13.1 Å². The molecule has 1 aromatic heterocycles. The average Bonchev–Trinajstić information content (AvgIpc) is 2.93. The molecule has 144 valence electrons. The fourth-order valence-corrected chi connectivity index (χ4v) is 4.79. The summed E-state index contributed by atoms with van der Waals surface area (Å²) in [6.45, 7) is 1.90. The third kappa shape index (κ3) is 4.32. The lowest BCUT2D eigenvalue weighted by atomic mass is 10.3. The Labute approximate surface area is 161 Å². The van der Waals surface area contributed by atoms with E-state index in [4.69, 9.17) is 9.47 Å². The number of nitrogens with one attached hydrogen (secondary N) is 1. The van der Waals surface area contributed by atoms with Crippen molar-refractivity contribution in [2.24, 2.45) is 7.05 Å². The maximum absolute atomic E-state index is 12.6. The highest BCUT2D eigenvalue weighted by molar-refractivity contribution is 7.89. The summed E-state index contributed by atoms with van der Waals surface area (Å²) in [4.78, 5) is 11.7. The van der Waals surface area contributed by atoms with Gasteiger partial charge in [-0.05, 0) is 49.4 Å². The molecular formula is C18H20N2O5S2.